The van der Waals surface area contributed by atoms with E-state index in [0.717, 1.165) is 22.5 Å². The predicted octanol–water partition coefficient (Wildman–Crippen LogP) is 6.25. The van der Waals surface area contributed by atoms with Crippen LogP contribution in [0.3, 0.4) is 0 Å². The molecule has 1 unspecified atom stereocenters. The molecule has 0 saturated heterocycles. The Bertz CT molecular complexity index is 1410. The third kappa shape index (κ3) is 4.11. The van der Waals surface area contributed by atoms with Gasteiger partial charge in [0.15, 0.2) is 5.78 Å². The van der Waals surface area contributed by atoms with E-state index in [0.29, 0.717) is 22.6 Å². The first-order valence-corrected chi connectivity index (χ1v) is 10.9. The van der Waals surface area contributed by atoms with Gasteiger partial charge < -0.3 is 9.84 Å². The van der Waals surface area contributed by atoms with E-state index in [1.807, 2.05) is 78.9 Å². The maximum atomic E-state index is 13.2. The van der Waals surface area contributed by atoms with Crippen LogP contribution >= 0.6 is 0 Å². The second kappa shape index (κ2) is 9.16. The Labute approximate surface area is 197 Å². The van der Waals surface area contributed by atoms with Crippen LogP contribution in [0, 0.1) is 0 Å². The maximum absolute atomic E-state index is 13.2. The van der Waals surface area contributed by atoms with E-state index in [-0.39, 0.29) is 11.5 Å². The van der Waals surface area contributed by atoms with Crippen LogP contribution in [0.1, 0.15) is 33.0 Å². The highest BCUT2D eigenvalue weighted by molar-refractivity contribution is 6.32. The minimum atomic E-state index is -0.424. The lowest BCUT2D eigenvalue weighted by Gasteiger charge is -2.11. The topological polar surface area (TPSA) is 71.2 Å². The lowest BCUT2D eigenvalue weighted by molar-refractivity contribution is 0.0988. The Morgan fingerprint density at radius 3 is 2.24 bits per heavy atom. The summed E-state index contributed by atoms with van der Waals surface area (Å²) in [6.45, 7) is 0. The van der Waals surface area contributed by atoms with Crippen molar-refractivity contribution >= 4 is 29.1 Å². The number of nitrogens with zero attached hydrogens (tertiary/aromatic N) is 2. The van der Waals surface area contributed by atoms with Gasteiger partial charge in [-0.05, 0) is 48.0 Å². The number of rotatable bonds is 5. The van der Waals surface area contributed by atoms with Crippen molar-refractivity contribution in [1.82, 2.24) is 0 Å². The number of phenols is 1. The van der Waals surface area contributed by atoms with Crippen molar-refractivity contribution in [2.75, 3.05) is 7.11 Å². The Morgan fingerprint density at radius 1 is 0.824 bits per heavy atom. The third-order valence-electron chi connectivity index (χ3n) is 5.82. The first kappa shape index (κ1) is 21.3. The van der Waals surface area contributed by atoms with Crippen molar-refractivity contribution in [2.24, 2.45) is 9.98 Å². The van der Waals surface area contributed by atoms with Crippen LogP contribution < -0.4 is 4.74 Å². The number of aliphatic imine (C=N–C) groups is 2. The molecule has 0 fully saturated rings. The highest BCUT2D eigenvalue weighted by Gasteiger charge is 2.37. The number of benzene rings is 4. The van der Waals surface area contributed by atoms with Crippen LogP contribution in [0.15, 0.2) is 107 Å². The quantitative estimate of drug-likeness (QED) is 0.368. The van der Waals surface area contributed by atoms with E-state index in [1.54, 1.807) is 31.5 Å². The molecule has 1 atom stereocenters. The predicted molar refractivity (Wildman–Crippen MR) is 135 cm³/mol. The van der Waals surface area contributed by atoms with Crippen LogP contribution in [0.5, 0.6) is 11.5 Å². The minimum Gasteiger partial charge on any atom is -0.507 e. The fourth-order valence-electron chi connectivity index (χ4n) is 4.10. The molecule has 0 heterocycles. The molecule has 0 radical (unpaired) electrons. The average Bonchev–Trinajstić information content (AvgIpc) is 3.16. The number of hydrogen-bond acceptors (Lipinski definition) is 5. The zero-order chi connectivity index (χ0) is 23.5. The second-order valence-electron chi connectivity index (χ2n) is 7.95. The van der Waals surface area contributed by atoms with Gasteiger partial charge in [-0.25, -0.2) is 0 Å². The van der Waals surface area contributed by atoms with Gasteiger partial charge in [0.2, 0.25) is 0 Å². The molecule has 1 N–H and O–H groups in total. The molecule has 0 bridgehead atoms. The van der Waals surface area contributed by atoms with Gasteiger partial charge in [0.1, 0.15) is 11.5 Å². The molecule has 0 spiro atoms. The molecule has 4 aromatic carbocycles. The molecule has 0 aromatic heterocycles. The van der Waals surface area contributed by atoms with Crippen LogP contribution in [0.4, 0.5) is 11.4 Å². The van der Waals surface area contributed by atoms with E-state index in [2.05, 4.69) is 4.99 Å². The molecule has 0 amide bonds. The molecule has 5 nitrogen and oxygen atoms in total. The van der Waals surface area contributed by atoms with E-state index >= 15 is 0 Å². The number of Topliss-reactive ketones (excluding diaryl/α,β-unsaturated/α-hetero) is 1. The van der Waals surface area contributed by atoms with E-state index in [4.69, 9.17) is 9.73 Å². The summed E-state index contributed by atoms with van der Waals surface area (Å²) in [7, 11) is 1.58. The van der Waals surface area contributed by atoms with Crippen LogP contribution in [0.25, 0.3) is 0 Å². The van der Waals surface area contributed by atoms with Crippen molar-refractivity contribution in [2.45, 2.75) is 5.92 Å². The van der Waals surface area contributed by atoms with E-state index < -0.39 is 5.92 Å². The molecule has 0 saturated carbocycles. The van der Waals surface area contributed by atoms with Crippen molar-refractivity contribution in [3.63, 3.8) is 0 Å². The molecule has 166 valence electrons. The molecule has 5 heteroatoms. The normalized spacial score (nSPS) is 16.2. The SMILES string of the molecule is COc1ccc(O)c(C=Nc2ccc(N=C3c4ccccc4C(=O)C3c3ccccc3)cc2)c1. The molecule has 34 heavy (non-hydrogen) atoms. The summed E-state index contributed by atoms with van der Waals surface area (Å²) in [6.07, 6.45) is 1.59. The summed E-state index contributed by atoms with van der Waals surface area (Å²) in [5, 5.41) is 10.0. The summed E-state index contributed by atoms with van der Waals surface area (Å²) < 4.78 is 5.20. The number of fused-ring (bicyclic) bond motifs is 1. The van der Waals surface area contributed by atoms with Gasteiger partial charge in [0, 0.05) is 22.9 Å². The molecular weight excluding hydrogens is 424 g/mol. The number of ketones is 1. The fraction of sp³-hybridized carbons (Fsp3) is 0.0690. The maximum Gasteiger partial charge on any atom is 0.176 e. The van der Waals surface area contributed by atoms with E-state index in [9.17, 15) is 9.90 Å². The standard InChI is InChI=1S/C29H22N2O3/c1-34-23-15-16-26(32)20(17-23)18-30-21-11-13-22(14-12-21)31-28-24-9-5-6-10-25(24)29(33)27(28)19-7-3-2-4-8-19/h2-18,27,32H,1H3. The first-order valence-electron chi connectivity index (χ1n) is 10.9. The lowest BCUT2D eigenvalue weighted by Crippen LogP contribution is -2.13. The smallest absolute Gasteiger partial charge is 0.176 e. The zero-order valence-electron chi connectivity index (χ0n) is 18.6. The van der Waals surface area contributed by atoms with Gasteiger partial charge >= 0.3 is 0 Å². The molecule has 1 aliphatic carbocycles. The Hall–Kier alpha value is -4.51. The third-order valence-corrected chi connectivity index (χ3v) is 5.82. The van der Waals surface area contributed by atoms with Crippen LogP contribution in [-0.2, 0) is 0 Å². The number of ether oxygens (including phenoxy) is 1. The Kier molecular flexibility index (Phi) is 5.75. The van der Waals surface area contributed by atoms with Crippen molar-refractivity contribution in [1.29, 1.82) is 0 Å². The molecule has 4 aromatic rings. The summed E-state index contributed by atoms with van der Waals surface area (Å²) in [4.78, 5) is 22.6. The molecule has 0 aliphatic heterocycles. The number of methoxy groups -OCH3 is 1. The van der Waals surface area contributed by atoms with Gasteiger partial charge in [-0.15, -0.1) is 0 Å². The van der Waals surface area contributed by atoms with Crippen LogP contribution in [0.2, 0.25) is 0 Å². The largest absolute Gasteiger partial charge is 0.507 e. The Balaban J connectivity index is 1.46. The van der Waals surface area contributed by atoms with Crippen molar-refractivity contribution in [3.8, 4) is 11.5 Å². The highest BCUT2D eigenvalue weighted by atomic mass is 16.5. The number of aromatic hydroxyl groups is 1. The Morgan fingerprint density at radius 2 is 1.50 bits per heavy atom. The van der Waals surface area contributed by atoms with Crippen LogP contribution in [-0.4, -0.2) is 29.9 Å². The number of phenolic OH excluding ortho intramolecular Hbond substituents is 1. The second-order valence-corrected chi connectivity index (χ2v) is 7.95. The lowest BCUT2D eigenvalue weighted by atomic mass is 9.93. The molecule has 5 rings (SSSR count). The van der Waals surface area contributed by atoms with Crippen molar-refractivity contribution in [3.05, 3.63) is 119 Å². The fourth-order valence-corrected chi connectivity index (χ4v) is 4.10. The summed E-state index contributed by atoms with van der Waals surface area (Å²) >= 11 is 0. The number of carbonyl (C=O) groups is 1. The number of carbonyl (C=O) groups excluding carboxylic acids is 1. The molecular formula is C29H22N2O3. The summed E-state index contributed by atoms with van der Waals surface area (Å²) in [5.74, 6) is 0.418. The van der Waals surface area contributed by atoms with Gasteiger partial charge in [0.25, 0.3) is 0 Å². The number of hydrogen-bond donors (Lipinski definition) is 1. The monoisotopic (exact) mass is 446 g/mol. The zero-order valence-corrected chi connectivity index (χ0v) is 18.6. The van der Waals surface area contributed by atoms with Gasteiger partial charge in [-0.2, -0.15) is 0 Å². The van der Waals surface area contributed by atoms with Gasteiger partial charge in [-0.1, -0.05) is 54.6 Å². The van der Waals surface area contributed by atoms with Crippen molar-refractivity contribution < 1.29 is 14.6 Å². The minimum absolute atomic E-state index is 0.0693. The highest BCUT2D eigenvalue weighted by Crippen LogP contribution is 2.36. The summed E-state index contributed by atoms with van der Waals surface area (Å²) in [5.41, 5.74) is 5.28. The average molecular weight is 447 g/mol. The van der Waals surface area contributed by atoms with Gasteiger partial charge in [-0.3, -0.25) is 14.8 Å². The summed E-state index contributed by atoms with van der Waals surface area (Å²) in [6, 6.07) is 29.8. The van der Waals surface area contributed by atoms with E-state index in [1.165, 1.54) is 0 Å². The molecule has 1 aliphatic rings. The first-order chi connectivity index (χ1) is 16.6. The van der Waals surface area contributed by atoms with Gasteiger partial charge in [0.05, 0.1) is 30.1 Å².